The van der Waals surface area contributed by atoms with Crippen LogP contribution in [0.1, 0.15) is 0 Å². The zero-order valence-corrected chi connectivity index (χ0v) is 9.36. The third-order valence-corrected chi connectivity index (χ3v) is 2.93. The lowest BCUT2D eigenvalue weighted by Crippen LogP contribution is -1.84. The second-order valence-electron chi connectivity index (χ2n) is 2.45. The fraction of sp³-hybridized carbons (Fsp3) is 0. The third kappa shape index (κ3) is 1.77. The predicted molar refractivity (Wildman–Crippen MR) is 57.3 cm³/mol. The molecule has 13 heavy (non-hydrogen) atoms. The van der Waals surface area contributed by atoms with Crippen LogP contribution in [0.15, 0.2) is 22.8 Å². The van der Waals surface area contributed by atoms with Gasteiger partial charge in [0.25, 0.3) is 0 Å². The minimum absolute atomic E-state index is 0.377. The van der Waals surface area contributed by atoms with Crippen molar-refractivity contribution in [1.82, 2.24) is 9.97 Å². The van der Waals surface area contributed by atoms with E-state index < -0.39 is 0 Å². The number of nitrogens with zero attached hydrogens (tertiary/aromatic N) is 2. The van der Waals surface area contributed by atoms with Gasteiger partial charge in [0.05, 0.1) is 22.3 Å². The van der Waals surface area contributed by atoms with Gasteiger partial charge in [0, 0.05) is 4.47 Å². The molecule has 66 valence electrons. The summed E-state index contributed by atoms with van der Waals surface area (Å²) in [6.45, 7) is 0. The quantitative estimate of drug-likeness (QED) is 0.734. The summed E-state index contributed by atoms with van der Waals surface area (Å²) in [6.07, 6.45) is 1.49. The van der Waals surface area contributed by atoms with E-state index in [0.717, 1.165) is 15.5 Å². The van der Waals surface area contributed by atoms with Crippen molar-refractivity contribution < 1.29 is 0 Å². The summed E-state index contributed by atoms with van der Waals surface area (Å²) in [7, 11) is 0. The van der Waals surface area contributed by atoms with Gasteiger partial charge < -0.3 is 0 Å². The highest BCUT2D eigenvalue weighted by Gasteiger charge is 2.02. The maximum atomic E-state index is 5.88. The summed E-state index contributed by atoms with van der Waals surface area (Å²) in [5.41, 5.74) is 1.46. The minimum atomic E-state index is 0.377. The molecule has 0 atom stereocenters. The Morgan fingerprint density at radius 2 is 1.92 bits per heavy atom. The molecule has 0 spiro atoms. The molecular weight excluding hydrogens is 275 g/mol. The smallest absolute Gasteiger partial charge is 0.148 e. The fourth-order valence-electron chi connectivity index (χ4n) is 0.986. The molecule has 0 aliphatic heterocycles. The molecule has 0 fully saturated rings. The van der Waals surface area contributed by atoms with E-state index in [2.05, 4.69) is 25.9 Å². The monoisotopic (exact) mass is 276 g/mol. The molecule has 0 aliphatic carbocycles. The number of rotatable bonds is 0. The van der Waals surface area contributed by atoms with E-state index in [1.54, 1.807) is 12.1 Å². The highest BCUT2D eigenvalue weighted by molar-refractivity contribution is 9.10. The van der Waals surface area contributed by atoms with Gasteiger partial charge in [-0.3, -0.25) is 4.98 Å². The third-order valence-electron chi connectivity index (χ3n) is 1.55. The zero-order chi connectivity index (χ0) is 9.42. The van der Waals surface area contributed by atoms with Gasteiger partial charge in [-0.05, 0) is 28.1 Å². The van der Waals surface area contributed by atoms with Crippen LogP contribution in [0.4, 0.5) is 0 Å². The van der Waals surface area contributed by atoms with E-state index in [4.69, 9.17) is 23.2 Å². The molecule has 1 heterocycles. The standard InChI is InChI=1S/C8H3BrCl2N2/c9-4-1-7-6(2-5(4)10)12-3-8(11)13-7/h1-3H. The van der Waals surface area contributed by atoms with Gasteiger partial charge in [0.2, 0.25) is 0 Å². The molecule has 0 bridgehead atoms. The van der Waals surface area contributed by atoms with E-state index >= 15 is 0 Å². The summed E-state index contributed by atoms with van der Waals surface area (Å²) < 4.78 is 0.790. The van der Waals surface area contributed by atoms with E-state index in [0.29, 0.717) is 10.2 Å². The molecule has 0 saturated carbocycles. The Morgan fingerprint density at radius 1 is 1.15 bits per heavy atom. The van der Waals surface area contributed by atoms with Crippen molar-refractivity contribution in [3.8, 4) is 0 Å². The summed E-state index contributed by atoms with van der Waals surface area (Å²) in [4.78, 5) is 8.17. The Labute approximate surface area is 93.0 Å². The molecule has 0 radical (unpaired) electrons. The maximum Gasteiger partial charge on any atom is 0.148 e. The van der Waals surface area contributed by atoms with Gasteiger partial charge in [0.1, 0.15) is 5.15 Å². The first kappa shape index (κ1) is 9.19. The number of hydrogen-bond acceptors (Lipinski definition) is 2. The Kier molecular flexibility index (Phi) is 2.41. The second kappa shape index (κ2) is 3.40. The average Bonchev–Trinajstić information content (AvgIpc) is 2.08. The van der Waals surface area contributed by atoms with Gasteiger partial charge in [0.15, 0.2) is 0 Å². The van der Waals surface area contributed by atoms with Crippen LogP contribution in [-0.2, 0) is 0 Å². The van der Waals surface area contributed by atoms with Crippen LogP contribution >= 0.6 is 39.1 Å². The predicted octanol–water partition coefficient (Wildman–Crippen LogP) is 3.70. The first-order chi connectivity index (χ1) is 6.16. The lowest BCUT2D eigenvalue weighted by Gasteiger charge is -1.99. The topological polar surface area (TPSA) is 25.8 Å². The van der Waals surface area contributed by atoms with Crippen LogP contribution in [0, 0.1) is 0 Å². The second-order valence-corrected chi connectivity index (χ2v) is 4.10. The first-order valence-corrected chi connectivity index (χ1v) is 4.99. The molecule has 0 N–H and O–H groups in total. The molecule has 2 aromatic rings. The van der Waals surface area contributed by atoms with Crippen molar-refractivity contribution in [3.05, 3.63) is 33.0 Å². The summed E-state index contributed by atoms with van der Waals surface area (Å²) in [6, 6.07) is 3.53. The van der Waals surface area contributed by atoms with Gasteiger partial charge >= 0.3 is 0 Å². The van der Waals surface area contributed by atoms with Crippen LogP contribution in [0.2, 0.25) is 10.2 Å². The molecule has 1 aromatic carbocycles. The van der Waals surface area contributed by atoms with Crippen LogP contribution in [0.3, 0.4) is 0 Å². The molecule has 2 rings (SSSR count). The number of benzene rings is 1. The maximum absolute atomic E-state index is 5.88. The normalized spacial score (nSPS) is 10.7. The van der Waals surface area contributed by atoms with Crippen LogP contribution in [0.5, 0.6) is 0 Å². The molecule has 1 aromatic heterocycles. The van der Waals surface area contributed by atoms with Crippen LogP contribution < -0.4 is 0 Å². The number of hydrogen-bond donors (Lipinski definition) is 0. The van der Waals surface area contributed by atoms with Crippen molar-refractivity contribution in [2.24, 2.45) is 0 Å². The molecule has 5 heteroatoms. The Hall–Kier alpha value is -0.380. The molecule has 0 aliphatic rings. The molecular formula is C8H3BrCl2N2. The Morgan fingerprint density at radius 3 is 2.69 bits per heavy atom. The van der Waals surface area contributed by atoms with E-state index in [1.165, 1.54) is 6.20 Å². The van der Waals surface area contributed by atoms with Gasteiger partial charge in [-0.25, -0.2) is 4.98 Å². The molecule has 0 saturated heterocycles. The van der Waals surface area contributed by atoms with Crippen LogP contribution in [-0.4, -0.2) is 9.97 Å². The lowest BCUT2D eigenvalue weighted by atomic mass is 10.3. The van der Waals surface area contributed by atoms with E-state index in [-0.39, 0.29) is 0 Å². The van der Waals surface area contributed by atoms with Gasteiger partial charge in [-0.15, -0.1) is 0 Å². The first-order valence-electron chi connectivity index (χ1n) is 3.44. The minimum Gasteiger partial charge on any atom is -0.251 e. The fourth-order valence-corrected chi connectivity index (χ4v) is 1.61. The van der Waals surface area contributed by atoms with Crippen molar-refractivity contribution in [3.63, 3.8) is 0 Å². The van der Waals surface area contributed by atoms with Crippen molar-refractivity contribution in [1.29, 1.82) is 0 Å². The number of halogens is 3. The van der Waals surface area contributed by atoms with Crippen molar-refractivity contribution >= 4 is 50.2 Å². The summed E-state index contributed by atoms with van der Waals surface area (Å²) in [5, 5.41) is 0.992. The zero-order valence-electron chi connectivity index (χ0n) is 6.26. The largest absolute Gasteiger partial charge is 0.251 e. The number of fused-ring (bicyclic) bond motifs is 1. The average molecular weight is 278 g/mol. The Bertz CT molecular complexity index is 473. The SMILES string of the molecule is Clc1cnc2cc(Cl)c(Br)cc2n1. The lowest BCUT2D eigenvalue weighted by molar-refractivity contribution is 1.29. The highest BCUT2D eigenvalue weighted by Crippen LogP contribution is 2.26. The summed E-state index contributed by atoms with van der Waals surface area (Å²) >= 11 is 14.9. The molecule has 2 nitrogen and oxygen atoms in total. The molecule has 0 unspecified atom stereocenters. The van der Waals surface area contributed by atoms with Crippen LogP contribution in [0.25, 0.3) is 11.0 Å². The van der Waals surface area contributed by atoms with Crippen molar-refractivity contribution in [2.45, 2.75) is 0 Å². The summed E-state index contributed by atoms with van der Waals surface area (Å²) in [5.74, 6) is 0. The van der Waals surface area contributed by atoms with E-state index in [1.807, 2.05) is 0 Å². The number of aromatic nitrogens is 2. The molecule has 0 amide bonds. The highest BCUT2D eigenvalue weighted by atomic mass is 79.9. The Balaban J connectivity index is 2.81. The van der Waals surface area contributed by atoms with Gasteiger partial charge in [-0.2, -0.15) is 0 Å². The van der Waals surface area contributed by atoms with Crippen molar-refractivity contribution in [2.75, 3.05) is 0 Å². The van der Waals surface area contributed by atoms with Gasteiger partial charge in [-0.1, -0.05) is 23.2 Å². The van der Waals surface area contributed by atoms with E-state index in [9.17, 15) is 0 Å².